The smallest absolute Gasteiger partial charge is 0.251 e. The minimum Gasteiger partial charge on any atom is -0.350 e. The number of benzene rings is 3. The Hall–Kier alpha value is -4.19. The Morgan fingerprint density at radius 2 is 1.52 bits per heavy atom. The van der Waals surface area contributed by atoms with Crippen molar-refractivity contribution in [2.24, 2.45) is 0 Å². The van der Waals surface area contributed by atoms with E-state index >= 15 is 0 Å². The number of hydrogen-bond acceptors (Lipinski definition) is 3. The summed E-state index contributed by atoms with van der Waals surface area (Å²) in [5, 5.41) is 6.06. The van der Waals surface area contributed by atoms with Crippen molar-refractivity contribution in [1.82, 2.24) is 20.2 Å². The Kier molecular flexibility index (Phi) is 6.95. The number of rotatable bonds is 8. The van der Waals surface area contributed by atoms with E-state index in [9.17, 15) is 9.59 Å². The van der Waals surface area contributed by atoms with E-state index in [1.54, 1.807) is 24.7 Å². The quantitative estimate of drug-likeness (QED) is 0.422. The third-order valence-electron chi connectivity index (χ3n) is 5.51. The van der Waals surface area contributed by atoms with Crippen LogP contribution in [-0.2, 0) is 4.79 Å². The van der Waals surface area contributed by atoms with E-state index in [2.05, 4.69) is 15.6 Å². The molecule has 2 N–H and O–H groups in total. The third-order valence-corrected chi connectivity index (χ3v) is 5.51. The van der Waals surface area contributed by atoms with Crippen LogP contribution in [0, 0.1) is 0 Å². The summed E-state index contributed by atoms with van der Waals surface area (Å²) in [6.07, 6.45) is 5.50. The van der Waals surface area contributed by atoms with E-state index in [1.165, 1.54) is 0 Å². The van der Waals surface area contributed by atoms with Crippen LogP contribution in [0.5, 0.6) is 0 Å². The molecule has 0 saturated carbocycles. The van der Waals surface area contributed by atoms with Crippen LogP contribution >= 0.6 is 0 Å². The van der Waals surface area contributed by atoms with E-state index in [4.69, 9.17) is 0 Å². The summed E-state index contributed by atoms with van der Waals surface area (Å²) in [4.78, 5) is 29.7. The monoisotopic (exact) mass is 438 g/mol. The van der Waals surface area contributed by atoms with Crippen LogP contribution in [-0.4, -0.2) is 21.4 Å². The highest BCUT2D eigenvalue weighted by Crippen LogP contribution is 2.20. The van der Waals surface area contributed by atoms with Gasteiger partial charge in [0.1, 0.15) is 0 Å². The first-order valence-electron chi connectivity index (χ1n) is 10.9. The van der Waals surface area contributed by atoms with E-state index in [-0.39, 0.29) is 24.3 Å². The zero-order valence-corrected chi connectivity index (χ0v) is 18.4. The molecule has 4 rings (SSSR count). The van der Waals surface area contributed by atoms with Crippen molar-refractivity contribution in [3.8, 4) is 5.69 Å². The van der Waals surface area contributed by atoms with Gasteiger partial charge >= 0.3 is 0 Å². The van der Waals surface area contributed by atoms with Crippen LogP contribution in [0.3, 0.4) is 0 Å². The molecule has 4 aromatic rings. The third kappa shape index (κ3) is 5.74. The highest BCUT2D eigenvalue weighted by atomic mass is 16.2. The van der Waals surface area contributed by atoms with Crippen molar-refractivity contribution in [3.63, 3.8) is 0 Å². The summed E-state index contributed by atoms with van der Waals surface area (Å²) < 4.78 is 1.92. The molecule has 0 aliphatic heterocycles. The molecular weight excluding hydrogens is 412 g/mol. The number of nitrogens with one attached hydrogen (secondary N) is 2. The van der Waals surface area contributed by atoms with Crippen LogP contribution < -0.4 is 10.6 Å². The summed E-state index contributed by atoms with van der Waals surface area (Å²) in [7, 11) is 0. The molecule has 1 aromatic heterocycles. The van der Waals surface area contributed by atoms with Crippen LogP contribution in [0.15, 0.2) is 104 Å². The molecule has 0 bridgehead atoms. The van der Waals surface area contributed by atoms with E-state index in [0.29, 0.717) is 5.56 Å². The van der Waals surface area contributed by atoms with Gasteiger partial charge in [-0.25, -0.2) is 4.98 Å². The van der Waals surface area contributed by atoms with Crippen molar-refractivity contribution in [3.05, 3.63) is 120 Å². The Bertz CT molecular complexity index is 1170. The summed E-state index contributed by atoms with van der Waals surface area (Å²) in [6.45, 7) is 1.95. The lowest BCUT2D eigenvalue weighted by atomic mass is 10.0. The van der Waals surface area contributed by atoms with Crippen molar-refractivity contribution >= 4 is 11.8 Å². The lowest BCUT2D eigenvalue weighted by Crippen LogP contribution is -2.34. The lowest BCUT2D eigenvalue weighted by Gasteiger charge is -2.21. The molecule has 0 radical (unpaired) electrons. The highest BCUT2D eigenvalue weighted by molar-refractivity contribution is 5.94. The summed E-state index contributed by atoms with van der Waals surface area (Å²) in [5.41, 5.74) is 3.44. The maximum Gasteiger partial charge on any atom is 0.251 e. The molecule has 2 amide bonds. The van der Waals surface area contributed by atoms with E-state index in [1.807, 2.05) is 90.5 Å². The first kappa shape index (κ1) is 22.0. The van der Waals surface area contributed by atoms with Crippen molar-refractivity contribution in [2.45, 2.75) is 25.4 Å². The number of carbonyl (C=O) groups is 2. The van der Waals surface area contributed by atoms with Gasteiger partial charge in [0.25, 0.3) is 5.91 Å². The largest absolute Gasteiger partial charge is 0.350 e. The van der Waals surface area contributed by atoms with Crippen LogP contribution in [0.25, 0.3) is 5.69 Å². The van der Waals surface area contributed by atoms with Crippen LogP contribution in [0.1, 0.15) is 46.9 Å². The number of amides is 2. The number of aromatic nitrogens is 2. The zero-order valence-electron chi connectivity index (χ0n) is 18.4. The van der Waals surface area contributed by atoms with Gasteiger partial charge in [-0.3, -0.25) is 9.59 Å². The molecule has 0 saturated heterocycles. The number of nitrogens with zero attached hydrogens (tertiary/aromatic N) is 2. The Balaban J connectivity index is 1.42. The fourth-order valence-corrected chi connectivity index (χ4v) is 3.68. The molecular formula is C27H26N4O2. The van der Waals surface area contributed by atoms with Gasteiger partial charge in [-0.2, -0.15) is 0 Å². The fourth-order valence-electron chi connectivity index (χ4n) is 3.68. The van der Waals surface area contributed by atoms with Gasteiger partial charge in [0.2, 0.25) is 5.91 Å². The topological polar surface area (TPSA) is 76.0 Å². The van der Waals surface area contributed by atoms with Gasteiger partial charge in [0.05, 0.1) is 24.8 Å². The number of imidazole rings is 1. The van der Waals surface area contributed by atoms with Gasteiger partial charge in [-0.05, 0) is 42.3 Å². The Morgan fingerprint density at radius 3 is 2.15 bits per heavy atom. The van der Waals surface area contributed by atoms with Gasteiger partial charge < -0.3 is 15.2 Å². The zero-order chi connectivity index (χ0) is 23.0. The molecule has 0 aliphatic rings. The molecule has 0 aliphatic carbocycles. The highest BCUT2D eigenvalue weighted by Gasteiger charge is 2.20. The van der Waals surface area contributed by atoms with Crippen LogP contribution in [0.4, 0.5) is 0 Å². The Labute approximate surface area is 193 Å². The number of carbonyl (C=O) groups excluding carboxylic acids is 2. The molecule has 1 heterocycles. The SMILES string of the molecule is C[C@@H](NC(=O)C[C@H](NC(=O)c1ccccc1)c1ccccc1)c1ccc(-n2ccnc2)cc1. The van der Waals surface area contributed by atoms with E-state index < -0.39 is 6.04 Å². The second-order valence-electron chi connectivity index (χ2n) is 7.86. The molecule has 166 valence electrons. The minimum absolute atomic E-state index is 0.136. The van der Waals surface area contributed by atoms with Gasteiger partial charge in [-0.1, -0.05) is 60.7 Å². The number of hydrogen-bond donors (Lipinski definition) is 2. The summed E-state index contributed by atoms with van der Waals surface area (Å²) in [6, 6.07) is 25.9. The van der Waals surface area contributed by atoms with Crippen molar-refractivity contribution in [2.75, 3.05) is 0 Å². The second-order valence-corrected chi connectivity index (χ2v) is 7.86. The molecule has 0 unspecified atom stereocenters. The maximum atomic E-state index is 12.9. The van der Waals surface area contributed by atoms with Crippen molar-refractivity contribution < 1.29 is 9.59 Å². The molecule has 6 heteroatoms. The Morgan fingerprint density at radius 1 is 0.848 bits per heavy atom. The van der Waals surface area contributed by atoms with E-state index in [0.717, 1.165) is 16.8 Å². The minimum atomic E-state index is -0.435. The first-order chi connectivity index (χ1) is 16.1. The normalized spacial score (nSPS) is 12.5. The maximum absolute atomic E-state index is 12.9. The summed E-state index contributed by atoms with van der Waals surface area (Å²) in [5.74, 6) is -0.344. The molecule has 6 nitrogen and oxygen atoms in total. The first-order valence-corrected chi connectivity index (χ1v) is 10.9. The van der Waals surface area contributed by atoms with Crippen LogP contribution in [0.2, 0.25) is 0 Å². The molecule has 2 atom stereocenters. The van der Waals surface area contributed by atoms with Gasteiger partial charge in [-0.15, -0.1) is 0 Å². The second kappa shape index (κ2) is 10.4. The van der Waals surface area contributed by atoms with Crippen molar-refractivity contribution in [1.29, 1.82) is 0 Å². The average molecular weight is 439 g/mol. The predicted molar refractivity (Wildman–Crippen MR) is 128 cm³/mol. The molecule has 3 aromatic carbocycles. The predicted octanol–water partition coefficient (Wildman–Crippen LogP) is 4.61. The standard InChI is InChI=1S/C27H26N4O2/c1-20(21-12-14-24(15-13-21)31-17-16-28-19-31)29-26(32)18-25(22-8-4-2-5-9-22)30-27(33)23-10-6-3-7-11-23/h2-17,19-20,25H,18H2,1H3,(H,29,32)(H,30,33)/t20-,25+/m1/s1. The fraction of sp³-hybridized carbons (Fsp3) is 0.148. The van der Waals surface area contributed by atoms with Gasteiger partial charge in [0.15, 0.2) is 0 Å². The summed E-state index contributed by atoms with van der Waals surface area (Å²) >= 11 is 0. The molecule has 0 spiro atoms. The molecule has 0 fully saturated rings. The average Bonchev–Trinajstić information content (AvgIpc) is 3.40. The lowest BCUT2D eigenvalue weighted by molar-refractivity contribution is -0.122. The van der Waals surface area contributed by atoms with Gasteiger partial charge in [0, 0.05) is 23.6 Å². The molecule has 33 heavy (non-hydrogen) atoms.